The van der Waals surface area contributed by atoms with E-state index in [0.29, 0.717) is 12.3 Å². The van der Waals surface area contributed by atoms with Gasteiger partial charge in [0.25, 0.3) is 0 Å². The Labute approximate surface area is 105 Å². The zero-order valence-corrected chi connectivity index (χ0v) is 11.2. The number of nitrogens with one attached hydrogen (secondary N) is 1. The molecule has 4 heteroatoms. The van der Waals surface area contributed by atoms with Crippen LogP contribution in [0.25, 0.3) is 0 Å². The first-order chi connectivity index (χ1) is 8.21. The first-order valence-corrected chi connectivity index (χ1v) is 6.84. The van der Waals surface area contributed by atoms with E-state index in [0.717, 1.165) is 38.5 Å². The fourth-order valence-corrected chi connectivity index (χ4v) is 2.72. The van der Waals surface area contributed by atoms with Crippen LogP contribution < -0.4 is 11.1 Å². The molecule has 100 valence electrons. The van der Waals surface area contributed by atoms with Crippen LogP contribution >= 0.6 is 0 Å². The van der Waals surface area contributed by atoms with Gasteiger partial charge in [-0.25, -0.2) is 0 Å². The molecule has 1 fully saturated rings. The summed E-state index contributed by atoms with van der Waals surface area (Å²) in [4.78, 5) is 13.6. The lowest BCUT2D eigenvalue weighted by atomic mass is 9.84. The van der Waals surface area contributed by atoms with E-state index in [1.54, 1.807) is 7.05 Å². The number of carbonyl (C=O) groups excluding carboxylic acids is 1. The quantitative estimate of drug-likeness (QED) is 0.724. The molecule has 0 bridgehead atoms. The predicted molar refractivity (Wildman–Crippen MR) is 70.7 cm³/mol. The third kappa shape index (κ3) is 4.64. The summed E-state index contributed by atoms with van der Waals surface area (Å²) in [5.41, 5.74) is 5.80. The monoisotopic (exact) mass is 241 g/mol. The zero-order chi connectivity index (χ0) is 12.7. The van der Waals surface area contributed by atoms with E-state index in [1.165, 1.54) is 12.8 Å². The van der Waals surface area contributed by atoms with Gasteiger partial charge < -0.3 is 16.0 Å². The minimum absolute atomic E-state index is 0.147. The lowest BCUT2D eigenvalue weighted by Crippen LogP contribution is -2.43. The number of nitrogens with two attached hydrogens (primary N) is 1. The molecule has 0 spiro atoms. The maximum Gasteiger partial charge on any atom is 0.219 e. The summed E-state index contributed by atoms with van der Waals surface area (Å²) in [5, 5.41) is 2.66. The Morgan fingerprint density at radius 1 is 1.47 bits per heavy atom. The molecular formula is C13H27N3O. The van der Waals surface area contributed by atoms with Gasteiger partial charge in [-0.15, -0.1) is 0 Å². The fraction of sp³-hybridized carbons (Fsp3) is 0.923. The molecule has 0 saturated carbocycles. The number of hydrogen-bond acceptors (Lipinski definition) is 3. The van der Waals surface area contributed by atoms with Gasteiger partial charge >= 0.3 is 0 Å². The van der Waals surface area contributed by atoms with E-state index in [2.05, 4.69) is 17.1 Å². The number of rotatable bonds is 6. The molecule has 4 nitrogen and oxygen atoms in total. The smallest absolute Gasteiger partial charge is 0.219 e. The van der Waals surface area contributed by atoms with E-state index in [1.807, 2.05) is 0 Å². The molecule has 0 radical (unpaired) electrons. The van der Waals surface area contributed by atoms with Crippen molar-refractivity contribution in [3.05, 3.63) is 0 Å². The highest BCUT2D eigenvalue weighted by molar-refractivity contribution is 5.75. The van der Waals surface area contributed by atoms with Crippen molar-refractivity contribution in [3.8, 4) is 0 Å². The van der Waals surface area contributed by atoms with Crippen molar-refractivity contribution in [2.75, 3.05) is 33.2 Å². The van der Waals surface area contributed by atoms with Crippen LogP contribution in [0.1, 0.15) is 32.6 Å². The van der Waals surface area contributed by atoms with E-state index in [-0.39, 0.29) is 5.91 Å². The topological polar surface area (TPSA) is 58.4 Å². The van der Waals surface area contributed by atoms with Crippen molar-refractivity contribution in [1.29, 1.82) is 0 Å². The molecule has 1 aliphatic heterocycles. The molecule has 17 heavy (non-hydrogen) atoms. The molecule has 2 atom stereocenters. The van der Waals surface area contributed by atoms with Crippen LogP contribution in [0.2, 0.25) is 0 Å². The molecule has 0 aliphatic carbocycles. The lowest BCUT2D eigenvalue weighted by Gasteiger charge is -2.37. The van der Waals surface area contributed by atoms with E-state index < -0.39 is 0 Å². The Balaban J connectivity index is 2.25. The summed E-state index contributed by atoms with van der Waals surface area (Å²) in [5.74, 6) is 1.60. The molecule has 1 amide bonds. The Bertz CT molecular complexity index is 233. The highest BCUT2D eigenvalue weighted by Gasteiger charge is 2.26. The molecule has 0 aromatic heterocycles. The van der Waals surface area contributed by atoms with Gasteiger partial charge in [0.15, 0.2) is 0 Å². The number of hydrogen-bond donors (Lipinski definition) is 2. The Morgan fingerprint density at radius 3 is 2.82 bits per heavy atom. The lowest BCUT2D eigenvalue weighted by molar-refractivity contribution is -0.120. The average molecular weight is 241 g/mol. The Morgan fingerprint density at radius 2 is 2.24 bits per heavy atom. The summed E-state index contributed by atoms with van der Waals surface area (Å²) >= 11 is 0. The maximum atomic E-state index is 11.1. The van der Waals surface area contributed by atoms with E-state index in [4.69, 9.17) is 5.73 Å². The summed E-state index contributed by atoms with van der Waals surface area (Å²) < 4.78 is 0. The summed E-state index contributed by atoms with van der Waals surface area (Å²) in [6.45, 7) is 6.42. The van der Waals surface area contributed by atoms with Crippen LogP contribution in [-0.2, 0) is 4.79 Å². The zero-order valence-electron chi connectivity index (χ0n) is 11.2. The molecular weight excluding hydrogens is 214 g/mol. The minimum Gasteiger partial charge on any atom is -0.359 e. The second-order valence-electron chi connectivity index (χ2n) is 5.03. The van der Waals surface area contributed by atoms with Crippen molar-refractivity contribution < 1.29 is 4.79 Å². The van der Waals surface area contributed by atoms with Crippen molar-refractivity contribution in [2.24, 2.45) is 17.6 Å². The van der Waals surface area contributed by atoms with E-state index in [9.17, 15) is 4.79 Å². The molecule has 3 N–H and O–H groups in total. The SMILES string of the molecule is CCC1CN(CCCC(=O)NC)CCC1CN. The summed E-state index contributed by atoms with van der Waals surface area (Å²) in [6, 6.07) is 0. The number of likely N-dealkylation sites (tertiary alicyclic amines) is 1. The predicted octanol–water partition coefficient (Wildman–Crippen LogP) is 0.819. The third-order valence-electron chi connectivity index (χ3n) is 3.96. The minimum atomic E-state index is 0.147. The van der Waals surface area contributed by atoms with Crippen LogP contribution in [0.5, 0.6) is 0 Å². The molecule has 2 unspecified atom stereocenters. The fourth-order valence-electron chi connectivity index (χ4n) is 2.72. The number of piperidine rings is 1. The van der Waals surface area contributed by atoms with Crippen molar-refractivity contribution >= 4 is 5.91 Å². The third-order valence-corrected chi connectivity index (χ3v) is 3.96. The normalized spacial score (nSPS) is 25.8. The molecule has 1 heterocycles. The van der Waals surface area contributed by atoms with Gasteiger partial charge in [0.05, 0.1) is 0 Å². The highest BCUT2D eigenvalue weighted by Crippen LogP contribution is 2.25. The number of carbonyl (C=O) groups is 1. The second kappa shape index (κ2) is 7.67. The first-order valence-electron chi connectivity index (χ1n) is 6.84. The Kier molecular flexibility index (Phi) is 6.52. The van der Waals surface area contributed by atoms with Crippen LogP contribution in [0, 0.1) is 11.8 Å². The van der Waals surface area contributed by atoms with Crippen LogP contribution in [0.15, 0.2) is 0 Å². The molecule has 1 saturated heterocycles. The molecule has 1 rings (SSSR count). The summed E-state index contributed by atoms with van der Waals surface area (Å²) in [6.07, 6.45) is 4.04. The van der Waals surface area contributed by atoms with Gasteiger partial charge in [0.1, 0.15) is 0 Å². The van der Waals surface area contributed by atoms with Gasteiger partial charge in [0, 0.05) is 20.0 Å². The first kappa shape index (κ1) is 14.5. The molecule has 0 aromatic carbocycles. The van der Waals surface area contributed by atoms with Gasteiger partial charge in [0.2, 0.25) is 5.91 Å². The number of nitrogens with zero attached hydrogens (tertiary/aromatic N) is 1. The van der Waals surface area contributed by atoms with Crippen molar-refractivity contribution in [1.82, 2.24) is 10.2 Å². The maximum absolute atomic E-state index is 11.1. The Hall–Kier alpha value is -0.610. The van der Waals surface area contributed by atoms with E-state index >= 15 is 0 Å². The van der Waals surface area contributed by atoms with Gasteiger partial charge in [-0.1, -0.05) is 13.3 Å². The van der Waals surface area contributed by atoms with Gasteiger partial charge in [-0.3, -0.25) is 4.79 Å². The van der Waals surface area contributed by atoms with Crippen LogP contribution in [0.3, 0.4) is 0 Å². The highest BCUT2D eigenvalue weighted by atomic mass is 16.1. The second-order valence-corrected chi connectivity index (χ2v) is 5.03. The average Bonchev–Trinajstić information content (AvgIpc) is 2.38. The van der Waals surface area contributed by atoms with Crippen LogP contribution in [0.4, 0.5) is 0 Å². The largest absolute Gasteiger partial charge is 0.359 e. The molecule has 0 aromatic rings. The van der Waals surface area contributed by atoms with Crippen LogP contribution in [-0.4, -0.2) is 44.0 Å². The summed E-state index contributed by atoms with van der Waals surface area (Å²) in [7, 11) is 1.70. The van der Waals surface area contributed by atoms with Gasteiger partial charge in [-0.2, -0.15) is 0 Å². The number of amides is 1. The molecule has 1 aliphatic rings. The van der Waals surface area contributed by atoms with Crippen molar-refractivity contribution in [2.45, 2.75) is 32.6 Å². The van der Waals surface area contributed by atoms with Crippen molar-refractivity contribution in [3.63, 3.8) is 0 Å². The van der Waals surface area contributed by atoms with Gasteiger partial charge in [-0.05, 0) is 44.3 Å². The standard InChI is InChI=1S/C13H27N3O/c1-3-11-10-16(8-6-12(11)9-14)7-4-5-13(17)15-2/h11-12H,3-10,14H2,1-2H3,(H,15,17).